The maximum Gasteiger partial charge on any atom is 0.234 e. The summed E-state index contributed by atoms with van der Waals surface area (Å²) < 4.78 is 21.1. The summed E-state index contributed by atoms with van der Waals surface area (Å²) in [6.45, 7) is 0. The van der Waals surface area contributed by atoms with E-state index >= 15 is 0 Å². The van der Waals surface area contributed by atoms with Gasteiger partial charge in [-0.25, -0.2) is 13.4 Å². The molecule has 0 aliphatic carbocycles. The number of nitrogens with one attached hydrogen (secondary N) is 1. The van der Waals surface area contributed by atoms with Crippen LogP contribution in [0.5, 0.6) is 0 Å². The molecule has 0 aromatic carbocycles. The smallest absolute Gasteiger partial charge is 0.234 e. The minimum atomic E-state index is -3.13. The number of alkyl halides is 1. The Kier molecular flexibility index (Phi) is 3.64. The summed E-state index contributed by atoms with van der Waals surface area (Å²) in [6, 6.07) is 0. The summed E-state index contributed by atoms with van der Waals surface area (Å²) in [4.78, 5) is 2.23. The Morgan fingerprint density at radius 2 is 2.00 bits per heavy atom. The summed E-state index contributed by atoms with van der Waals surface area (Å²) in [5.41, 5.74) is 0. The predicted octanol–water partition coefficient (Wildman–Crippen LogP) is -0.265. The fraction of sp³-hybridized carbons (Fsp3) is 1.00. The van der Waals surface area contributed by atoms with Crippen LogP contribution < -0.4 is 4.83 Å². The molecule has 0 aliphatic heterocycles. The Labute approximate surface area is 63.4 Å². The van der Waals surface area contributed by atoms with Crippen molar-refractivity contribution in [2.75, 3.05) is 18.8 Å². The molecule has 0 unspecified atom stereocenters. The van der Waals surface area contributed by atoms with Crippen molar-refractivity contribution in [2.24, 2.45) is 0 Å². The maximum atomic E-state index is 10.6. The molecule has 0 bridgehead atoms. The van der Waals surface area contributed by atoms with E-state index in [4.69, 9.17) is 0 Å². The van der Waals surface area contributed by atoms with E-state index in [0.29, 0.717) is 0 Å². The summed E-state index contributed by atoms with van der Waals surface area (Å²) in [7, 11) is 0.0965. The number of rotatable bonds is 3. The lowest BCUT2D eigenvalue weighted by Crippen LogP contribution is -2.36. The largest absolute Gasteiger partial charge is 0.237 e. The first kappa shape index (κ1) is 9.35. The number of nitrogens with zero attached hydrogens (tertiary/aromatic N) is 1. The van der Waals surface area contributed by atoms with E-state index in [1.165, 1.54) is 5.01 Å². The highest BCUT2D eigenvalue weighted by atomic mass is 79.9. The lowest BCUT2D eigenvalue weighted by molar-refractivity contribution is 0.365. The summed E-state index contributed by atoms with van der Waals surface area (Å²) in [5.74, 6) is 0. The van der Waals surface area contributed by atoms with Gasteiger partial charge in [-0.1, -0.05) is 15.9 Å². The zero-order valence-electron chi connectivity index (χ0n) is 5.26. The van der Waals surface area contributed by atoms with E-state index in [0.717, 1.165) is 0 Å². The number of hydrogen-bond donors (Lipinski definition) is 1. The molecule has 0 aliphatic rings. The number of hydrogen-bond acceptors (Lipinski definition) is 3. The number of sulfonamides is 1. The van der Waals surface area contributed by atoms with Crippen LogP contribution in [0.3, 0.4) is 0 Å². The fourth-order valence-corrected chi connectivity index (χ4v) is 1.21. The number of halogens is 1. The van der Waals surface area contributed by atoms with Gasteiger partial charge in [-0.3, -0.25) is 0 Å². The molecule has 0 radical (unpaired) electrons. The second-order valence-electron chi connectivity index (χ2n) is 1.71. The van der Waals surface area contributed by atoms with Crippen molar-refractivity contribution in [3.63, 3.8) is 0 Å². The molecule has 0 amide bonds. The highest BCUT2D eigenvalue weighted by Crippen LogP contribution is 1.89. The minimum absolute atomic E-state index is 0.0713. The van der Waals surface area contributed by atoms with Gasteiger partial charge in [0.25, 0.3) is 0 Å². The van der Waals surface area contributed by atoms with Crippen molar-refractivity contribution in [3.05, 3.63) is 0 Å². The third kappa shape index (κ3) is 4.83. The predicted molar refractivity (Wildman–Crippen MR) is 39.5 cm³/mol. The van der Waals surface area contributed by atoms with Crippen molar-refractivity contribution in [3.8, 4) is 0 Å². The van der Waals surface area contributed by atoms with Gasteiger partial charge < -0.3 is 0 Å². The van der Waals surface area contributed by atoms with Crippen molar-refractivity contribution < 1.29 is 8.42 Å². The Balaban J connectivity index is 3.90. The molecule has 0 rings (SSSR count). The quantitative estimate of drug-likeness (QED) is 0.523. The van der Waals surface area contributed by atoms with E-state index in [1.807, 2.05) is 0 Å². The molecule has 0 heterocycles. The Morgan fingerprint density at radius 3 is 2.11 bits per heavy atom. The van der Waals surface area contributed by atoms with Crippen molar-refractivity contribution in [1.29, 1.82) is 0 Å². The van der Waals surface area contributed by atoms with Crippen molar-refractivity contribution in [1.82, 2.24) is 9.84 Å². The first-order valence-electron chi connectivity index (χ1n) is 2.21. The molecule has 1 N–H and O–H groups in total. The molecule has 0 atom stereocenters. The molecule has 0 aromatic heterocycles. The standard InChI is InChI=1S/C3H9BrN2O2S/c1-6(2)5-9(7,8)3-4/h5H,3H2,1-2H3. The first-order valence-corrected chi connectivity index (χ1v) is 4.99. The Morgan fingerprint density at radius 1 is 1.56 bits per heavy atom. The third-order valence-electron chi connectivity index (χ3n) is 0.465. The van der Waals surface area contributed by atoms with Crippen LogP contribution >= 0.6 is 15.9 Å². The SMILES string of the molecule is CN(C)NS(=O)(=O)CBr. The van der Waals surface area contributed by atoms with Crippen LogP contribution in [-0.4, -0.2) is 32.2 Å². The molecule has 0 aromatic rings. The van der Waals surface area contributed by atoms with Gasteiger partial charge in [0.1, 0.15) is 4.66 Å². The van der Waals surface area contributed by atoms with E-state index in [2.05, 4.69) is 20.8 Å². The van der Waals surface area contributed by atoms with E-state index in [1.54, 1.807) is 14.1 Å². The van der Waals surface area contributed by atoms with Crippen LogP contribution in [-0.2, 0) is 10.0 Å². The first-order chi connectivity index (χ1) is 3.98. The van der Waals surface area contributed by atoms with Crippen molar-refractivity contribution >= 4 is 26.0 Å². The van der Waals surface area contributed by atoms with Crippen LogP contribution in [0.1, 0.15) is 0 Å². The number of hydrazine groups is 1. The van der Waals surface area contributed by atoms with Crippen LogP contribution in [0.2, 0.25) is 0 Å². The van der Waals surface area contributed by atoms with E-state index in [9.17, 15) is 8.42 Å². The van der Waals surface area contributed by atoms with Gasteiger partial charge in [0.05, 0.1) is 0 Å². The molecule has 9 heavy (non-hydrogen) atoms. The van der Waals surface area contributed by atoms with E-state index in [-0.39, 0.29) is 4.66 Å². The normalized spacial score (nSPS) is 12.4. The van der Waals surface area contributed by atoms with Crippen LogP contribution in [0.15, 0.2) is 0 Å². The monoisotopic (exact) mass is 216 g/mol. The van der Waals surface area contributed by atoms with Crippen molar-refractivity contribution in [2.45, 2.75) is 0 Å². The van der Waals surface area contributed by atoms with Gasteiger partial charge in [0.15, 0.2) is 0 Å². The van der Waals surface area contributed by atoms with Crippen LogP contribution in [0.4, 0.5) is 0 Å². The molecule has 0 fully saturated rings. The van der Waals surface area contributed by atoms with Gasteiger partial charge in [0.2, 0.25) is 10.0 Å². The molecule has 0 saturated heterocycles. The van der Waals surface area contributed by atoms with Crippen LogP contribution in [0.25, 0.3) is 0 Å². The second kappa shape index (κ2) is 3.50. The van der Waals surface area contributed by atoms with Gasteiger partial charge in [-0.2, -0.15) is 0 Å². The third-order valence-corrected chi connectivity index (χ3v) is 3.20. The summed E-state index contributed by atoms with van der Waals surface area (Å²) in [5, 5.41) is 1.37. The second-order valence-corrected chi connectivity index (χ2v) is 4.71. The fourth-order valence-electron chi connectivity index (χ4n) is 0.303. The zero-order chi connectivity index (χ0) is 7.49. The molecular weight excluding hydrogens is 208 g/mol. The molecule has 0 saturated carbocycles. The Hall–Kier alpha value is 0.350. The lowest BCUT2D eigenvalue weighted by atomic mass is 11.2. The Bertz CT molecular complexity index is 165. The molecule has 56 valence electrons. The zero-order valence-corrected chi connectivity index (χ0v) is 7.66. The maximum absolute atomic E-state index is 10.6. The minimum Gasteiger partial charge on any atom is -0.237 e. The lowest BCUT2D eigenvalue weighted by Gasteiger charge is -2.09. The molecule has 0 spiro atoms. The van der Waals surface area contributed by atoms with Gasteiger partial charge in [-0.15, -0.1) is 4.83 Å². The molecular formula is C3H9BrN2O2S. The summed E-state index contributed by atoms with van der Waals surface area (Å²) >= 11 is 2.82. The molecule has 4 nitrogen and oxygen atoms in total. The average Bonchev–Trinajstić information content (AvgIpc) is 1.63. The van der Waals surface area contributed by atoms with Gasteiger partial charge in [-0.05, 0) is 0 Å². The highest BCUT2D eigenvalue weighted by Gasteiger charge is 2.06. The molecule has 6 heteroatoms. The van der Waals surface area contributed by atoms with Gasteiger partial charge >= 0.3 is 0 Å². The highest BCUT2D eigenvalue weighted by molar-refractivity contribution is 9.10. The summed E-state index contributed by atoms with van der Waals surface area (Å²) in [6.07, 6.45) is 0. The van der Waals surface area contributed by atoms with Gasteiger partial charge in [0, 0.05) is 14.1 Å². The van der Waals surface area contributed by atoms with E-state index < -0.39 is 10.0 Å². The topological polar surface area (TPSA) is 49.4 Å². The van der Waals surface area contributed by atoms with Crippen LogP contribution in [0, 0.1) is 0 Å². The average molecular weight is 217 g/mol.